The smallest absolute Gasteiger partial charge is 0.264 e. The predicted octanol–water partition coefficient (Wildman–Crippen LogP) is 3.76. The number of halogens is 1. The average Bonchev–Trinajstić information content (AvgIpc) is 3.26. The maximum absolute atomic E-state index is 13.2. The molecular formula is C20H18ClN3O4S2. The molecule has 3 aromatic rings. The van der Waals surface area contributed by atoms with E-state index in [1.54, 1.807) is 18.2 Å². The minimum atomic E-state index is -4.03. The van der Waals surface area contributed by atoms with E-state index in [1.165, 1.54) is 55.0 Å². The van der Waals surface area contributed by atoms with Gasteiger partial charge in [0.1, 0.15) is 12.3 Å². The van der Waals surface area contributed by atoms with Crippen LogP contribution in [0.15, 0.2) is 76.0 Å². The molecule has 10 heteroatoms. The number of methoxy groups -OCH3 is 1. The number of amides is 1. The van der Waals surface area contributed by atoms with Gasteiger partial charge >= 0.3 is 0 Å². The molecule has 0 atom stereocenters. The third-order valence-corrected chi connectivity index (χ3v) is 6.86. The zero-order valence-electron chi connectivity index (χ0n) is 15.9. The monoisotopic (exact) mass is 463 g/mol. The lowest BCUT2D eigenvalue weighted by Gasteiger charge is -2.24. The second-order valence-electron chi connectivity index (χ2n) is 5.95. The summed E-state index contributed by atoms with van der Waals surface area (Å²) in [6, 6.07) is 16.0. The van der Waals surface area contributed by atoms with Crippen molar-refractivity contribution in [3.63, 3.8) is 0 Å². The minimum absolute atomic E-state index is 0.0480. The molecule has 156 valence electrons. The summed E-state index contributed by atoms with van der Waals surface area (Å²) in [6.07, 6.45) is 1.49. The number of sulfonamides is 1. The highest BCUT2D eigenvalue weighted by Gasteiger charge is 2.27. The van der Waals surface area contributed by atoms with Gasteiger partial charge in [0.05, 0.1) is 28.9 Å². The first-order valence-corrected chi connectivity index (χ1v) is 11.4. The van der Waals surface area contributed by atoms with Gasteiger partial charge in [0.15, 0.2) is 0 Å². The number of hydrogen-bond donors (Lipinski definition) is 1. The Kier molecular flexibility index (Phi) is 7.09. The van der Waals surface area contributed by atoms with Crippen LogP contribution in [0, 0.1) is 0 Å². The first kappa shape index (κ1) is 21.8. The van der Waals surface area contributed by atoms with Crippen molar-refractivity contribution >= 4 is 50.8 Å². The SMILES string of the molecule is COc1ccc(N(CC(=O)N/N=C\c2cccs2)S(=O)(=O)c2ccccc2)cc1Cl. The lowest BCUT2D eigenvalue weighted by atomic mass is 10.3. The van der Waals surface area contributed by atoms with Crippen LogP contribution in [-0.4, -0.2) is 34.2 Å². The van der Waals surface area contributed by atoms with E-state index in [9.17, 15) is 13.2 Å². The van der Waals surface area contributed by atoms with Crippen LogP contribution in [0.5, 0.6) is 5.75 Å². The lowest BCUT2D eigenvalue weighted by molar-refractivity contribution is -0.119. The topological polar surface area (TPSA) is 88.1 Å². The van der Waals surface area contributed by atoms with E-state index in [-0.39, 0.29) is 15.6 Å². The van der Waals surface area contributed by atoms with Gasteiger partial charge in [-0.25, -0.2) is 13.8 Å². The van der Waals surface area contributed by atoms with Gasteiger partial charge in [0.25, 0.3) is 15.9 Å². The van der Waals surface area contributed by atoms with Gasteiger partial charge in [-0.3, -0.25) is 9.10 Å². The quantitative estimate of drug-likeness (QED) is 0.407. The molecule has 0 aliphatic heterocycles. The lowest BCUT2D eigenvalue weighted by Crippen LogP contribution is -2.39. The second kappa shape index (κ2) is 9.75. The normalized spacial score (nSPS) is 11.4. The van der Waals surface area contributed by atoms with Crippen molar-refractivity contribution in [2.24, 2.45) is 5.10 Å². The number of nitrogens with one attached hydrogen (secondary N) is 1. The molecule has 0 saturated heterocycles. The van der Waals surface area contributed by atoms with E-state index in [2.05, 4.69) is 10.5 Å². The summed E-state index contributed by atoms with van der Waals surface area (Å²) >= 11 is 7.64. The van der Waals surface area contributed by atoms with Crippen molar-refractivity contribution in [3.8, 4) is 5.75 Å². The Balaban J connectivity index is 1.89. The molecule has 0 saturated carbocycles. The van der Waals surface area contributed by atoms with Gasteiger partial charge < -0.3 is 4.74 Å². The number of anilines is 1. The highest BCUT2D eigenvalue weighted by atomic mass is 35.5. The van der Waals surface area contributed by atoms with Crippen molar-refractivity contribution in [1.82, 2.24) is 5.43 Å². The van der Waals surface area contributed by atoms with Crippen LogP contribution < -0.4 is 14.5 Å². The number of nitrogens with zero attached hydrogens (tertiary/aromatic N) is 2. The van der Waals surface area contributed by atoms with Crippen molar-refractivity contribution in [3.05, 3.63) is 75.9 Å². The molecule has 7 nitrogen and oxygen atoms in total. The largest absolute Gasteiger partial charge is 0.495 e. The summed E-state index contributed by atoms with van der Waals surface area (Å²) in [5, 5.41) is 5.98. The molecule has 1 heterocycles. The molecule has 1 aromatic heterocycles. The Morgan fingerprint density at radius 3 is 2.60 bits per heavy atom. The van der Waals surface area contributed by atoms with Crippen LogP contribution in [0.25, 0.3) is 0 Å². The number of hydrogen-bond acceptors (Lipinski definition) is 6. The molecule has 2 aromatic carbocycles. The Morgan fingerprint density at radius 1 is 1.20 bits per heavy atom. The fourth-order valence-electron chi connectivity index (χ4n) is 2.54. The van der Waals surface area contributed by atoms with Crippen molar-refractivity contribution in [1.29, 1.82) is 0 Å². The molecule has 0 unspecified atom stereocenters. The number of carbonyl (C=O) groups excluding carboxylic acids is 1. The first-order chi connectivity index (χ1) is 14.4. The van der Waals surface area contributed by atoms with Gasteiger partial charge in [-0.15, -0.1) is 11.3 Å². The highest BCUT2D eigenvalue weighted by Crippen LogP contribution is 2.31. The number of carbonyl (C=O) groups is 1. The summed E-state index contributed by atoms with van der Waals surface area (Å²) < 4.78 is 32.6. The average molecular weight is 464 g/mol. The molecular weight excluding hydrogens is 446 g/mol. The predicted molar refractivity (Wildman–Crippen MR) is 119 cm³/mol. The van der Waals surface area contributed by atoms with Crippen LogP contribution in [0.3, 0.4) is 0 Å². The number of ether oxygens (including phenoxy) is 1. The zero-order valence-corrected chi connectivity index (χ0v) is 18.2. The van der Waals surface area contributed by atoms with Gasteiger partial charge in [0, 0.05) is 4.88 Å². The molecule has 0 aliphatic carbocycles. The van der Waals surface area contributed by atoms with Crippen LogP contribution in [0.1, 0.15) is 4.88 Å². The zero-order chi connectivity index (χ0) is 21.6. The molecule has 0 bridgehead atoms. The molecule has 1 amide bonds. The van der Waals surface area contributed by atoms with Crippen molar-refractivity contribution in [2.45, 2.75) is 4.90 Å². The van der Waals surface area contributed by atoms with E-state index in [0.717, 1.165) is 9.18 Å². The van der Waals surface area contributed by atoms with Gasteiger partial charge in [-0.05, 0) is 41.8 Å². The molecule has 0 spiro atoms. The van der Waals surface area contributed by atoms with E-state index < -0.39 is 22.5 Å². The molecule has 30 heavy (non-hydrogen) atoms. The third-order valence-electron chi connectivity index (χ3n) is 3.97. The van der Waals surface area contributed by atoms with Crippen molar-refractivity contribution in [2.75, 3.05) is 18.0 Å². The molecule has 0 aliphatic rings. The fourth-order valence-corrected chi connectivity index (χ4v) is 4.81. The van der Waals surface area contributed by atoms with E-state index in [4.69, 9.17) is 16.3 Å². The molecule has 0 fully saturated rings. The van der Waals surface area contributed by atoms with Crippen LogP contribution in [-0.2, 0) is 14.8 Å². The number of rotatable bonds is 8. The summed E-state index contributed by atoms with van der Waals surface area (Å²) in [6.45, 7) is -0.484. The van der Waals surface area contributed by atoms with Gasteiger partial charge in [0.2, 0.25) is 0 Å². The highest BCUT2D eigenvalue weighted by molar-refractivity contribution is 7.92. The Labute approximate surface area is 183 Å². The van der Waals surface area contributed by atoms with Crippen LogP contribution >= 0.6 is 22.9 Å². The summed E-state index contributed by atoms with van der Waals surface area (Å²) in [5.41, 5.74) is 2.58. The Morgan fingerprint density at radius 2 is 1.97 bits per heavy atom. The van der Waals surface area contributed by atoms with Crippen LogP contribution in [0.4, 0.5) is 5.69 Å². The van der Waals surface area contributed by atoms with E-state index >= 15 is 0 Å². The van der Waals surface area contributed by atoms with Gasteiger partial charge in [-0.2, -0.15) is 5.10 Å². The Bertz CT molecular complexity index is 1130. The second-order valence-corrected chi connectivity index (χ2v) is 9.20. The number of hydrazone groups is 1. The fraction of sp³-hybridized carbons (Fsp3) is 0.100. The Hall–Kier alpha value is -2.88. The summed E-state index contributed by atoms with van der Waals surface area (Å²) in [5.74, 6) is -0.211. The standard InChI is InChI=1S/C20H18ClN3O4S2/c1-28-19-10-9-15(12-18(19)21)24(30(26,27)17-7-3-2-4-8-17)14-20(25)23-22-13-16-6-5-11-29-16/h2-13H,14H2,1H3,(H,23,25)/b22-13-. The minimum Gasteiger partial charge on any atom is -0.495 e. The molecule has 1 N–H and O–H groups in total. The maximum Gasteiger partial charge on any atom is 0.264 e. The molecule has 0 radical (unpaired) electrons. The summed E-state index contributed by atoms with van der Waals surface area (Å²) in [7, 11) is -2.57. The number of benzene rings is 2. The van der Waals surface area contributed by atoms with Crippen molar-refractivity contribution < 1.29 is 17.9 Å². The summed E-state index contributed by atoms with van der Waals surface area (Å²) in [4.78, 5) is 13.4. The maximum atomic E-state index is 13.2. The third kappa shape index (κ3) is 5.18. The first-order valence-electron chi connectivity index (χ1n) is 8.68. The molecule has 3 rings (SSSR count). The van der Waals surface area contributed by atoms with E-state index in [0.29, 0.717) is 5.75 Å². The van der Waals surface area contributed by atoms with E-state index in [1.807, 2.05) is 17.5 Å². The van der Waals surface area contributed by atoms with Crippen LogP contribution in [0.2, 0.25) is 5.02 Å². The number of thiophene rings is 1. The van der Waals surface area contributed by atoms with Gasteiger partial charge in [-0.1, -0.05) is 35.9 Å².